The molecule has 2 heterocycles. The molecule has 16 heavy (non-hydrogen) atoms. The summed E-state index contributed by atoms with van der Waals surface area (Å²) in [6.07, 6.45) is 3.42. The highest BCUT2D eigenvalue weighted by molar-refractivity contribution is 9.10. The van der Waals surface area contributed by atoms with E-state index in [9.17, 15) is 9.90 Å². The Morgan fingerprint density at radius 3 is 2.62 bits per heavy atom. The molecule has 1 aliphatic heterocycles. The largest absolute Gasteiger partial charge is 0.480 e. The third kappa shape index (κ3) is 2.47. The van der Waals surface area contributed by atoms with Crippen LogP contribution >= 0.6 is 27.3 Å². The molecular formula is C11H14BrNO2S. The molecule has 0 aromatic carbocycles. The van der Waals surface area contributed by atoms with Crippen LogP contribution in [0.1, 0.15) is 30.2 Å². The third-order valence-electron chi connectivity index (χ3n) is 2.88. The second-order valence-corrected chi connectivity index (χ2v) is 5.77. The second kappa shape index (κ2) is 5.29. The quantitative estimate of drug-likeness (QED) is 0.932. The molecule has 0 radical (unpaired) electrons. The van der Waals surface area contributed by atoms with Crippen molar-refractivity contribution in [1.82, 2.24) is 4.90 Å². The second-order valence-electron chi connectivity index (χ2n) is 3.97. The van der Waals surface area contributed by atoms with E-state index in [1.54, 1.807) is 0 Å². The van der Waals surface area contributed by atoms with Gasteiger partial charge >= 0.3 is 5.97 Å². The Bertz CT molecular complexity index is 374. The first-order valence-electron chi connectivity index (χ1n) is 5.40. The summed E-state index contributed by atoms with van der Waals surface area (Å²) in [5.41, 5.74) is 0. The summed E-state index contributed by atoms with van der Waals surface area (Å²) in [4.78, 5) is 14.4. The normalized spacial score (nSPS) is 19.6. The lowest BCUT2D eigenvalue weighted by molar-refractivity contribution is -0.143. The van der Waals surface area contributed by atoms with Gasteiger partial charge in [0.1, 0.15) is 6.04 Å². The van der Waals surface area contributed by atoms with Gasteiger partial charge in [-0.25, -0.2) is 0 Å². The van der Waals surface area contributed by atoms with Gasteiger partial charge in [-0.15, -0.1) is 11.3 Å². The fraction of sp³-hybridized carbons (Fsp3) is 0.545. The molecule has 1 N–H and O–H groups in total. The molecule has 0 amide bonds. The number of likely N-dealkylation sites (tertiary alicyclic amines) is 1. The standard InChI is InChI=1S/C11H14BrNO2S/c12-8-4-7-16-10(8)9(11(14)15)13-5-2-1-3-6-13/h4,7,9H,1-3,5-6H2,(H,14,15). The summed E-state index contributed by atoms with van der Waals surface area (Å²) < 4.78 is 0.912. The maximum atomic E-state index is 11.4. The van der Waals surface area contributed by atoms with Gasteiger partial charge in [0, 0.05) is 9.35 Å². The number of halogens is 1. The topological polar surface area (TPSA) is 40.5 Å². The maximum absolute atomic E-state index is 11.4. The van der Waals surface area contributed by atoms with Gasteiger partial charge in [-0.1, -0.05) is 6.42 Å². The van der Waals surface area contributed by atoms with Crippen LogP contribution in [0.2, 0.25) is 0 Å². The molecule has 1 unspecified atom stereocenters. The predicted molar refractivity (Wildman–Crippen MR) is 67.8 cm³/mol. The van der Waals surface area contributed by atoms with E-state index in [1.165, 1.54) is 17.8 Å². The van der Waals surface area contributed by atoms with E-state index in [2.05, 4.69) is 20.8 Å². The highest BCUT2D eigenvalue weighted by Gasteiger charge is 2.30. The summed E-state index contributed by atoms with van der Waals surface area (Å²) in [6.45, 7) is 1.78. The Kier molecular flexibility index (Phi) is 4.00. The van der Waals surface area contributed by atoms with Crippen LogP contribution in [0, 0.1) is 0 Å². The first-order valence-corrected chi connectivity index (χ1v) is 7.07. The van der Waals surface area contributed by atoms with Crippen molar-refractivity contribution in [2.45, 2.75) is 25.3 Å². The highest BCUT2D eigenvalue weighted by Crippen LogP contribution is 2.34. The van der Waals surface area contributed by atoms with Crippen molar-refractivity contribution in [3.8, 4) is 0 Å². The minimum atomic E-state index is -0.745. The van der Waals surface area contributed by atoms with Crippen molar-refractivity contribution < 1.29 is 9.90 Å². The van der Waals surface area contributed by atoms with E-state index in [0.717, 1.165) is 35.3 Å². The van der Waals surface area contributed by atoms with E-state index in [1.807, 2.05) is 11.4 Å². The summed E-state index contributed by atoms with van der Waals surface area (Å²) in [5.74, 6) is -0.745. The van der Waals surface area contributed by atoms with Crippen LogP contribution in [0.3, 0.4) is 0 Å². The van der Waals surface area contributed by atoms with E-state index < -0.39 is 12.0 Å². The molecule has 88 valence electrons. The van der Waals surface area contributed by atoms with Crippen molar-refractivity contribution in [3.63, 3.8) is 0 Å². The van der Waals surface area contributed by atoms with Crippen molar-refractivity contribution in [2.75, 3.05) is 13.1 Å². The van der Waals surface area contributed by atoms with Gasteiger partial charge in [-0.05, 0) is 53.3 Å². The number of nitrogens with zero attached hydrogens (tertiary/aromatic N) is 1. The fourth-order valence-electron chi connectivity index (χ4n) is 2.11. The summed E-state index contributed by atoms with van der Waals surface area (Å²) >= 11 is 4.93. The SMILES string of the molecule is O=C(O)C(c1sccc1Br)N1CCCCC1. The first kappa shape index (κ1) is 12.1. The number of rotatable bonds is 3. The van der Waals surface area contributed by atoms with E-state index in [-0.39, 0.29) is 0 Å². The number of hydrogen-bond acceptors (Lipinski definition) is 3. The molecule has 2 rings (SSSR count). The van der Waals surface area contributed by atoms with Crippen LogP contribution in [0.5, 0.6) is 0 Å². The molecule has 1 saturated heterocycles. The molecule has 0 aliphatic carbocycles. The van der Waals surface area contributed by atoms with E-state index in [4.69, 9.17) is 0 Å². The van der Waals surface area contributed by atoms with Crippen LogP contribution in [0.25, 0.3) is 0 Å². The van der Waals surface area contributed by atoms with Crippen LogP contribution < -0.4 is 0 Å². The van der Waals surface area contributed by atoms with Crippen molar-refractivity contribution in [1.29, 1.82) is 0 Å². The maximum Gasteiger partial charge on any atom is 0.326 e. The number of thiophene rings is 1. The number of carboxylic acid groups (broad SMARTS) is 1. The first-order chi connectivity index (χ1) is 7.70. The van der Waals surface area contributed by atoms with Gasteiger partial charge in [0.25, 0.3) is 0 Å². The summed E-state index contributed by atoms with van der Waals surface area (Å²) in [6, 6.07) is 1.44. The molecule has 1 fully saturated rings. The van der Waals surface area contributed by atoms with Gasteiger partial charge in [0.2, 0.25) is 0 Å². The molecule has 0 bridgehead atoms. The minimum absolute atomic E-state index is 0.477. The number of carboxylic acids is 1. The highest BCUT2D eigenvalue weighted by atomic mass is 79.9. The molecule has 1 atom stereocenters. The fourth-order valence-corrected chi connectivity index (χ4v) is 3.83. The Hall–Kier alpha value is -0.390. The lowest BCUT2D eigenvalue weighted by atomic mass is 10.1. The zero-order valence-electron chi connectivity index (χ0n) is 8.86. The molecular weight excluding hydrogens is 290 g/mol. The molecule has 1 aromatic rings. The Morgan fingerprint density at radius 1 is 1.44 bits per heavy atom. The van der Waals surface area contributed by atoms with E-state index in [0.29, 0.717) is 0 Å². The van der Waals surface area contributed by atoms with Crippen LogP contribution in [-0.4, -0.2) is 29.1 Å². The number of hydrogen-bond donors (Lipinski definition) is 1. The van der Waals surface area contributed by atoms with Gasteiger partial charge in [0.15, 0.2) is 0 Å². The van der Waals surface area contributed by atoms with Crippen molar-refractivity contribution in [2.24, 2.45) is 0 Å². The predicted octanol–water partition coefficient (Wildman–Crippen LogP) is 3.12. The minimum Gasteiger partial charge on any atom is -0.480 e. The Labute approximate surface area is 107 Å². The van der Waals surface area contributed by atoms with Crippen molar-refractivity contribution in [3.05, 3.63) is 20.8 Å². The van der Waals surface area contributed by atoms with Crippen LogP contribution in [0.15, 0.2) is 15.9 Å². The monoisotopic (exact) mass is 303 g/mol. The average Bonchev–Trinajstić information content (AvgIpc) is 2.66. The number of piperidine rings is 1. The molecule has 0 saturated carbocycles. The number of carbonyl (C=O) groups is 1. The molecule has 0 spiro atoms. The Morgan fingerprint density at radius 2 is 2.12 bits per heavy atom. The van der Waals surface area contributed by atoms with E-state index >= 15 is 0 Å². The molecule has 1 aromatic heterocycles. The Balaban J connectivity index is 2.23. The zero-order chi connectivity index (χ0) is 11.5. The number of aliphatic carboxylic acids is 1. The molecule has 5 heteroatoms. The van der Waals surface area contributed by atoms with Crippen LogP contribution in [-0.2, 0) is 4.79 Å². The van der Waals surface area contributed by atoms with Gasteiger partial charge in [-0.3, -0.25) is 9.69 Å². The van der Waals surface area contributed by atoms with Crippen molar-refractivity contribution >= 4 is 33.2 Å². The van der Waals surface area contributed by atoms with Gasteiger partial charge < -0.3 is 5.11 Å². The molecule has 1 aliphatic rings. The van der Waals surface area contributed by atoms with Crippen LogP contribution in [0.4, 0.5) is 0 Å². The van der Waals surface area contributed by atoms with Gasteiger partial charge in [-0.2, -0.15) is 0 Å². The zero-order valence-corrected chi connectivity index (χ0v) is 11.3. The smallest absolute Gasteiger partial charge is 0.326 e. The third-order valence-corrected chi connectivity index (χ3v) is 4.81. The average molecular weight is 304 g/mol. The summed E-state index contributed by atoms with van der Waals surface area (Å²) in [7, 11) is 0. The molecule has 3 nitrogen and oxygen atoms in total. The summed E-state index contributed by atoms with van der Waals surface area (Å²) in [5, 5.41) is 11.3. The lowest BCUT2D eigenvalue weighted by Gasteiger charge is -2.31. The lowest BCUT2D eigenvalue weighted by Crippen LogP contribution is -2.37. The van der Waals surface area contributed by atoms with Gasteiger partial charge in [0.05, 0.1) is 0 Å².